The van der Waals surface area contributed by atoms with E-state index in [-0.39, 0.29) is 23.9 Å². The molecule has 2 heterocycles. The second-order valence-electron chi connectivity index (χ2n) is 8.74. The molecule has 2 aromatic rings. The normalized spacial score (nSPS) is 18.5. The number of morpholine rings is 1. The topological polar surface area (TPSA) is 88.5 Å². The molecule has 1 aliphatic heterocycles. The molecule has 1 saturated carbocycles. The first-order valence-electron chi connectivity index (χ1n) is 11.7. The summed E-state index contributed by atoms with van der Waals surface area (Å²) in [5, 5.41) is 10.2. The third-order valence-corrected chi connectivity index (χ3v) is 7.43. The number of carbonyl (C=O) groups is 2. The molecular weight excluding hydrogens is 438 g/mol. The summed E-state index contributed by atoms with van der Waals surface area (Å²) in [6.07, 6.45) is 9.19. The molecule has 2 aliphatic rings. The van der Waals surface area contributed by atoms with Gasteiger partial charge in [0.05, 0.1) is 30.9 Å². The zero-order valence-electron chi connectivity index (χ0n) is 19.0. The lowest BCUT2D eigenvalue weighted by Crippen LogP contribution is -2.59. The Morgan fingerprint density at radius 3 is 2.58 bits per heavy atom. The van der Waals surface area contributed by atoms with E-state index in [4.69, 9.17) is 4.74 Å². The van der Waals surface area contributed by atoms with Gasteiger partial charge in [0, 0.05) is 36.3 Å². The van der Waals surface area contributed by atoms with E-state index in [1.54, 1.807) is 17.1 Å². The molecule has 1 aromatic heterocycles. The molecule has 1 aliphatic carbocycles. The van der Waals surface area contributed by atoms with Gasteiger partial charge in [0.2, 0.25) is 11.8 Å². The number of carbonyl (C=O) groups excluding carboxylic acids is 2. The highest BCUT2D eigenvalue weighted by molar-refractivity contribution is 8.00. The van der Waals surface area contributed by atoms with Gasteiger partial charge < -0.3 is 15.4 Å². The largest absolute Gasteiger partial charge is 0.379 e. The van der Waals surface area contributed by atoms with Crippen LogP contribution in [0, 0.1) is 0 Å². The van der Waals surface area contributed by atoms with Crippen LogP contribution in [0.2, 0.25) is 0 Å². The summed E-state index contributed by atoms with van der Waals surface area (Å²) in [6, 6.07) is 9.81. The van der Waals surface area contributed by atoms with E-state index < -0.39 is 0 Å². The maximum Gasteiger partial charge on any atom is 0.241 e. The summed E-state index contributed by atoms with van der Waals surface area (Å²) in [4.78, 5) is 28.5. The Bertz CT molecular complexity index is 908. The minimum Gasteiger partial charge on any atom is -0.379 e. The highest BCUT2D eigenvalue weighted by Gasteiger charge is 2.38. The minimum atomic E-state index is -0.0994. The maximum absolute atomic E-state index is 12.7. The standard InChI is InChI=1S/C24H33N5O3S/c30-22(25-19-24(9-5-2-6-10-24)28-11-13-32-14-12-28)17-29-16-20(15-26-29)27-23(31)18-33-21-7-3-1-4-8-21/h1,3-4,7-8,15-16H,2,5-6,9-14,17-19H2,(H,25,30)(H,27,31). The number of amides is 2. The number of rotatable bonds is 9. The van der Waals surface area contributed by atoms with Crippen molar-refractivity contribution < 1.29 is 14.3 Å². The number of hydrogen-bond donors (Lipinski definition) is 2. The molecule has 9 heteroatoms. The van der Waals surface area contributed by atoms with Gasteiger partial charge in [-0.15, -0.1) is 11.8 Å². The fourth-order valence-corrected chi connectivity index (χ4v) is 5.42. The first kappa shape index (κ1) is 23.8. The molecule has 0 atom stereocenters. The minimum absolute atomic E-state index is 0.0390. The van der Waals surface area contributed by atoms with Crippen molar-refractivity contribution in [3.05, 3.63) is 42.7 Å². The Hall–Kier alpha value is -2.36. The van der Waals surface area contributed by atoms with Crippen molar-refractivity contribution in [2.24, 2.45) is 0 Å². The predicted octanol–water partition coefficient (Wildman–Crippen LogP) is 2.77. The van der Waals surface area contributed by atoms with Gasteiger partial charge in [-0.1, -0.05) is 37.5 Å². The van der Waals surface area contributed by atoms with Crippen molar-refractivity contribution in [2.45, 2.75) is 49.1 Å². The van der Waals surface area contributed by atoms with E-state index in [0.29, 0.717) is 18.0 Å². The average Bonchev–Trinajstić information content (AvgIpc) is 3.29. The smallest absolute Gasteiger partial charge is 0.241 e. The molecule has 2 amide bonds. The summed E-state index contributed by atoms with van der Waals surface area (Å²) in [6.45, 7) is 4.19. The van der Waals surface area contributed by atoms with Crippen LogP contribution in [0.3, 0.4) is 0 Å². The lowest BCUT2D eigenvalue weighted by molar-refractivity contribution is -0.123. The molecule has 178 valence electrons. The highest BCUT2D eigenvalue weighted by Crippen LogP contribution is 2.33. The fraction of sp³-hybridized carbons (Fsp3) is 0.542. The van der Waals surface area contributed by atoms with E-state index in [2.05, 4.69) is 20.6 Å². The van der Waals surface area contributed by atoms with Crippen LogP contribution in [0.1, 0.15) is 32.1 Å². The quantitative estimate of drug-likeness (QED) is 0.547. The van der Waals surface area contributed by atoms with Crippen molar-refractivity contribution in [3.8, 4) is 0 Å². The number of hydrogen-bond acceptors (Lipinski definition) is 6. The van der Waals surface area contributed by atoms with Gasteiger partial charge in [0.1, 0.15) is 6.54 Å². The van der Waals surface area contributed by atoms with E-state index in [1.165, 1.54) is 31.0 Å². The Morgan fingerprint density at radius 1 is 1.06 bits per heavy atom. The SMILES string of the molecule is O=C(Cn1cc(NC(=O)CSc2ccccc2)cn1)NCC1(N2CCOCC2)CCCCC1. The zero-order valence-corrected chi connectivity index (χ0v) is 19.8. The molecule has 1 saturated heterocycles. The summed E-state index contributed by atoms with van der Waals surface area (Å²) >= 11 is 1.48. The van der Waals surface area contributed by atoms with Gasteiger partial charge in [-0.3, -0.25) is 19.2 Å². The van der Waals surface area contributed by atoms with Crippen LogP contribution in [0.25, 0.3) is 0 Å². The third-order valence-electron chi connectivity index (χ3n) is 6.42. The first-order valence-corrected chi connectivity index (χ1v) is 12.7. The fourth-order valence-electron chi connectivity index (χ4n) is 4.70. The molecule has 0 bridgehead atoms. The summed E-state index contributed by atoms with van der Waals surface area (Å²) < 4.78 is 7.10. The Kier molecular flexibility index (Phi) is 8.41. The average molecular weight is 472 g/mol. The van der Waals surface area contributed by atoms with E-state index in [1.807, 2.05) is 30.3 Å². The van der Waals surface area contributed by atoms with Crippen LogP contribution in [-0.2, 0) is 20.9 Å². The monoisotopic (exact) mass is 471 g/mol. The molecule has 2 fully saturated rings. The third kappa shape index (κ3) is 6.82. The number of benzene rings is 1. The molecule has 33 heavy (non-hydrogen) atoms. The lowest BCUT2D eigenvalue weighted by Gasteiger charge is -2.48. The highest BCUT2D eigenvalue weighted by atomic mass is 32.2. The van der Waals surface area contributed by atoms with Crippen molar-refractivity contribution in [1.29, 1.82) is 0 Å². The Balaban J connectivity index is 1.24. The van der Waals surface area contributed by atoms with Crippen molar-refractivity contribution in [3.63, 3.8) is 0 Å². The van der Waals surface area contributed by atoms with E-state index in [9.17, 15) is 9.59 Å². The Labute approximate surface area is 199 Å². The zero-order chi connectivity index (χ0) is 22.9. The number of nitrogens with zero attached hydrogens (tertiary/aromatic N) is 3. The van der Waals surface area contributed by atoms with Gasteiger partial charge in [-0.2, -0.15) is 5.10 Å². The molecule has 0 radical (unpaired) electrons. The maximum atomic E-state index is 12.7. The van der Waals surface area contributed by atoms with Crippen LogP contribution in [-0.4, -0.2) is 70.6 Å². The molecule has 0 unspecified atom stereocenters. The van der Waals surface area contributed by atoms with E-state index >= 15 is 0 Å². The Morgan fingerprint density at radius 2 is 1.82 bits per heavy atom. The molecule has 2 N–H and O–H groups in total. The van der Waals surface area contributed by atoms with Crippen LogP contribution in [0.15, 0.2) is 47.6 Å². The van der Waals surface area contributed by atoms with E-state index in [0.717, 1.165) is 44.0 Å². The summed E-state index contributed by atoms with van der Waals surface area (Å²) in [5.41, 5.74) is 0.635. The molecule has 0 spiro atoms. The first-order chi connectivity index (χ1) is 16.1. The van der Waals surface area contributed by atoms with Gasteiger partial charge in [0.15, 0.2) is 0 Å². The van der Waals surface area contributed by atoms with Crippen LogP contribution < -0.4 is 10.6 Å². The van der Waals surface area contributed by atoms with Crippen LogP contribution in [0.5, 0.6) is 0 Å². The van der Waals surface area contributed by atoms with Crippen molar-refractivity contribution >= 4 is 29.3 Å². The van der Waals surface area contributed by atoms with Gasteiger partial charge in [-0.25, -0.2) is 0 Å². The van der Waals surface area contributed by atoms with Crippen molar-refractivity contribution in [2.75, 3.05) is 43.9 Å². The van der Waals surface area contributed by atoms with Crippen LogP contribution >= 0.6 is 11.8 Å². The molecular formula is C24H33N5O3S. The number of anilines is 1. The number of thioether (sulfide) groups is 1. The second kappa shape index (κ2) is 11.7. The summed E-state index contributed by atoms with van der Waals surface area (Å²) in [7, 11) is 0. The summed E-state index contributed by atoms with van der Waals surface area (Å²) in [5.74, 6) is 0.158. The number of aromatic nitrogens is 2. The molecule has 8 nitrogen and oxygen atoms in total. The lowest BCUT2D eigenvalue weighted by atomic mass is 9.79. The van der Waals surface area contributed by atoms with Gasteiger partial charge in [0.25, 0.3) is 0 Å². The van der Waals surface area contributed by atoms with Crippen LogP contribution in [0.4, 0.5) is 5.69 Å². The van der Waals surface area contributed by atoms with Gasteiger partial charge in [-0.05, 0) is 25.0 Å². The molecule has 1 aromatic carbocycles. The molecule has 4 rings (SSSR count). The number of nitrogens with one attached hydrogen (secondary N) is 2. The van der Waals surface area contributed by atoms with Crippen molar-refractivity contribution in [1.82, 2.24) is 20.0 Å². The second-order valence-corrected chi connectivity index (χ2v) is 9.79. The van der Waals surface area contributed by atoms with Gasteiger partial charge >= 0.3 is 0 Å². The number of ether oxygens (including phenoxy) is 1. The predicted molar refractivity (Wildman–Crippen MR) is 129 cm³/mol.